The fourth-order valence-electron chi connectivity index (χ4n) is 1.77. The first-order valence-corrected chi connectivity index (χ1v) is 8.56. The van der Waals surface area contributed by atoms with Gasteiger partial charge in [0, 0.05) is 24.4 Å². The summed E-state index contributed by atoms with van der Waals surface area (Å²) in [6.07, 6.45) is 0.423. The van der Waals surface area contributed by atoms with Crippen LogP contribution >= 0.6 is 11.3 Å². The lowest BCUT2D eigenvalue weighted by Crippen LogP contribution is -2.38. The van der Waals surface area contributed by atoms with Crippen LogP contribution in [-0.4, -0.2) is 42.5 Å². The first-order valence-electron chi connectivity index (χ1n) is 7.68. The van der Waals surface area contributed by atoms with Gasteiger partial charge in [-0.3, -0.25) is 0 Å². The molecule has 0 aliphatic heterocycles. The third kappa shape index (κ3) is 6.87. The molecule has 1 unspecified atom stereocenters. The molecule has 1 aromatic rings. The van der Waals surface area contributed by atoms with Crippen molar-refractivity contribution in [3.8, 4) is 0 Å². The molecule has 122 valence electrons. The van der Waals surface area contributed by atoms with Crippen LogP contribution in [0.1, 0.15) is 38.3 Å². The van der Waals surface area contributed by atoms with Crippen LogP contribution in [0.25, 0.3) is 0 Å². The van der Waals surface area contributed by atoms with Crippen LogP contribution in [0.5, 0.6) is 0 Å². The summed E-state index contributed by atoms with van der Waals surface area (Å²) in [5.74, 6) is 0.612. The third-order valence-corrected chi connectivity index (χ3v) is 5.15. The summed E-state index contributed by atoms with van der Waals surface area (Å²) in [5, 5.41) is 13.2. The van der Waals surface area contributed by atoms with Gasteiger partial charge in [0.25, 0.3) is 0 Å². The number of aryl methyl sites for hydroxylation is 1. The van der Waals surface area contributed by atoms with Gasteiger partial charge in [0.05, 0.1) is 30.5 Å². The Morgan fingerprint density at radius 3 is 2.71 bits per heavy atom. The summed E-state index contributed by atoms with van der Waals surface area (Å²) in [6.45, 7) is 13.4. The standard InChI is InChI=1S/C16H30N2O2S/c1-12(2)16(4,5)10-17-8-14(19)9-20-7-6-15-13(3)18-11-21-15/h11-12,14,17,19H,6-10H2,1-5H3. The van der Waals surface area contributed by atoms with Crippen molar-refractivity contribution in [1.29, 1.82) is 0 Å². The summed E-state index contributed by atoms with van der Waals surface area (Å²) < 4.78 is 5.54. The van der Waals surface area contributed by atoms with Crippen LogP contribution in [-0.2, 0) is 11.2 Å². The Hall–Kier alpha value is -0.490. The summed E-state index contributed by atoms with van der Waals surface area (Å²) >= 11 is 1.66. The van der Waals surface area contributed by atoms with Crippen LogP contribution in [0.3, 0.4) is 0 Å². The van der Waals surface area contributed by atoms with Gasteiger partial charge in [-0.2, -0.15) is 0 Å². The van der Waals surface area contributed by atoms with E-state index in [1.807, 2.05) is 12.4 Å². The lowest BCUT2D eigenvalue weighted by atomic mass is 9.81. The first-order chi connectivity index (χ1) is 9.83. The van der Waals surface area contributed by atoms with Crippen molar-refractivity contribution in [3.05, 3.63) is 16.1 Å². The topological polar surface area (TPSA) is 54.4 Å². The number of thiazole rings is 1. The number of hydrogen-bond acceptors (Lipinski definition) is 5. The second-order valence-corrected chi connectivity index (χ2v) is 7.55. The predicted octanol–water partition coefficient (Wildman–Crippen LogP) is 2.64. The van der Waals surface area contributed by atoms with Gasteiger partial charge in [0.15, 0.2) is 0 Å². The highest BCUT2D eigenvalue weighted by molar-refractivity contribution is 7.09. The molecular formula is C16H30N2O2S. The summed E-state index contributed by atoms with van der Waals surface area (Å²) in [4.78, 5) is 5.48. The van der Waals surface area contributed by atoms with E-state index in [1.165, 1.54) is 4.88 Å². The van der Waals surface area contributed by atoms with Gasteiger partial charge in [-0.05, 0) is 18.3 Å². The largest absolute Gasteiger partial charge is 0.389 e. The Labute approximate surface area is 132 Å². The van der Waals surface area contributed by atoms with Crippen LogP contribution in [0.2, 0.25) is 0 Å². The van der Waals surface area contributed by atoms with Crippen LogP contribution in [0.4, 0.5) is 0 Å². The summed E-state index contributed by atoms with van der Waals surface area (Å²) in [7, 11) is 0. The van der Waals surface area contributed by atoms with Crippen LogP contribution < -0.4 is 5.32 Å². The minimum atomic E-state index is -0.449. The summed E-state index contributed by atoms with van der Waals surface area (Å²) in [6, 6.07) is 0. The second-order valence-electron chi connectivity index (χ2n) is 6.61. The zero-order valence-corrected chi connectivity index (χ0v) is 14.8. The lowest BCUT2D eigenvalue weighted by molar-refractivity contribution is 0.0367. The van der Waals surface area contributed by atoms with Crippen molar-refractivity contribution in [2.75, 3.05) is 26.3 Å². The van der Waals surface area contributed by atoms with E-state index in [2.05, 4.69) is 38.0 Å². The minimum Gasteiger partial charge on any atom is -0.389 e. The number of rotatable bonds is 10. The molecule has 0 aliphatic rings. The van der Waals surface area contributed by atoms with Crippen molar-refractivity contribution >= 4 is 11.3 Å². The fourth-order valence-corrected chi connectivity index (χ4v) is 2.54. The molecule has 4 nitrogen and oxygen atoms in total. The zero-order chi connectivity index (χ0) is 15.9. The van der Waals surface area contributed by atoms with E-state index >= 15 is 0 Å². The molecule has 0 fully saturated rings. The van der Waals surface area contributed by atoms with Gasteiger partial charge >= 0.3 is 0 Å². The molecule has 0 radical (unpaired) electrons. The van der Waals surface area contributed by atoms with E-state index in [0.29, 0.717) is 25.7 Å². The van der Waals surface area contributed by atoms with Gasteiger partial charge < -0.3 is 15.2 Å². The number of ether oxygens (including phenoxy) is 1. The first kappa shape index (κ1) is 18.6. The molecule has 0 saturated heterocycles. The molecule has 0 spiro atoms. The molecule has 0 bridgehead atoms. The van der Waals surface area contributed by atoms with Gasteiger partial charge in [0.1, 0.15) is 0 Å². The average Bonchev–Trinajstić information content (AvgIpc) is 2.80. The van der Waals surface area contributed by atoms with Crippen LogP contribution in [0, 0.1) is 18.3 Å². The van der Waals surface area contributed by atoms with E-state index in [9.17, 15) is 5.11 Å². The Kier molecular flexibility index (Phi) is 7.81. The molecule has 21 heavy (non-hydrogen) atoms. The normalized spacial score (nSPS) is 13.9. The van der Waals surface area contributed by atoms with Crippen molar-refractivity contribution in [2.24, 2.45) is 11.3 Å². The highest BCUT2D eigenvalue weighted by Gasteiger charge is 2.21. The minimum absolute atomic E-state index is 0.240. The monoisotopic (exact) mass is 314 g/mol. The van der Waals surface area contributed by atoms with E-state index in [-0.39, 0.29) is 5.41 Å². The number of nitrogens with zero attached hydrogens (tertiary/aromatic N) is 1. The van der Waals surface area contributed by atoms with Crippen LogP contribution in [0.15, 0.2) is 5.51 Å². The third-order valence-electron chi connectivity index (χ3n) is 4.15. The summed E-state index contributed by atoms with van der Waals surface area (Å²) in [5.41, 5.74) is 3.19. The van der Waals surface area contributed by atoms with Gasteiger partial charge in [-0.15, -0.1) is 11.3 Å². The van der Waals surface area contributed by atoms with Crippen molar-refractivity contribution in [2.45, 2.75) is 47.1 Å². The molecule has 1 aromatic heterocycles. The maximum absolute atomic E-state index is 9.90. The molecule has 0 amide bonds. The number of aliphatic hydroxyl groups excluding tert-OH is 1. The Morgan fingerprint density at radius 1 is 1.43 bits per heavy atom. The van der Waals surface area contributed by atoms with E-state index in [4.69, 9.17) is 4.74 Å². The van der Waals surface area contributed by atoms with Gasteiger partial charge in [-0.25, -0.2) is 4.98 Å². The molecule has 1 rings (SSSR count). The number of nitrogens with one attached hydrogen (secondary N) is 1. The molecule has 5 heteroatoms. The molecule has 2 N–H and O–H groups in total. The van der Waals surface area contributed by atoms with E-state index in [1.54, 1.807) is 11.3 Å². The molecule has 0 aromatic carbocycles. The maximum atomic E-state index is 9.90. The molecule has 0 aliphatic carbocycles. The fraction of sp³-hybridized carbons (Fsp3) is 0.812. The molecule has 1 atom stereocenters. The number of hydrogen-bond donors (Lipinski definition) is 2. The SMILES string of the molecule is Cc1ncsc1CCOCC(O)CNCC(C)(C)C(C)C. The number of aliphatic hydroxyl groups is 1. The smallest absolute Gasteiger partial charge is 0.0897 e. The highest BCUT2D eigenvalue weighted by Crippen LogP contribution is 2.24. The Morgan fingerprint density at radius 2 is 2.14 bits per heavy atom. The zero-order valence-electron chi connectivity index (χ0n) is 14.0. The molecular weight excluding hydrogens is 284 g/mol. The molecule has 0 saturated carbocycles. The Bertz CT molecular complexity index is 405. The average molecular weight is 314 g/mol. The Balaban J connectivity index is 2.09. The molecule has 1 heterocycles. The lowest BCUT2D eigenvalue weighted by Gasteiger charge is -2.30. The van der Waals surface area contributed by atoms with E-state index in [0.717, 1.165) is 18.7 Å². The quantitative estimate of drug-likeness (QED) is 0.652. The van der Waals surface area contributed by atoms with Crippen molar-refractivity contribution < 1.29 is 9.84 Å². The predicted molar refractivity (Wildman–Crippen MR) is 88.9 cm³/mol. The second kappa shape index (κ2) is 8.83. The van der Waals surface area contributed by atoms with Gasteiger partial charge in [0.2, 0.25) is 0 Å². The van der Waals surface area contributed by atoms with Crippen molar-refractivity contribution in [1.82, 2.24) is 10.3 Å². The highest BCUT2D eigenvalue weighted by atomic mass is 32.1. The number of aromatic nitrogens is 1. The van der Waals surface area contributed by atoms with Crippen molar-refractivity contribution in [3.63, 3.8) is 0 Å². The maximum Gasteiger partial charge on any atom is 0.0897 e. The van der Waals surface area contributed by atoms with E-state index < -0.39 is 6.10 Å². The van der Waals surface area contributed by atoms with Gasteiger partial charge in [-0.1, -0.05) is 27.7 Å².